The molecule has 2 aromatic carbocycles. The minimum atomic E-state index is -0.384. The average Bonchev–Trinajstić information content (AvgIpc) is 2.72. The topological polar surface area (TPSA) is 71.4 Å². The third-order valence-electron chi connectivity index (χ3n) is 4.73. The van der Waals surface area contributed by atoms with Gasteiger partial charge in [-0.15, -0.1) is 0 Å². The zero-order valence-corrected chi connectivity index (χ0v) is 17.9. The maximum Gasteiger partial charge on any atom is 0.254 e. The van der Waals surface area contributed by atoms with Crippen LogP contribution in [-0.2, 0) is 11.3 Å². The molecule has 0 atom stereocenters. The number of anilines is 1. The molecule has 0 fully saturated rings. The van der Waals surface area contributed by atoms with Crippen LogP contribution >= 0.6 is 15.9 Å². The summed E-state index contributed by atoms with van der Waals surface area (Å²) in [6.07, 6.45) is 0. The number of para-hydroxylation sites is 1. The molecule has 0 radical (unpaired) electrons. The van der Waals surface area contributed by atoms with Gasteiger partial charge >= 0.3 is 0 Å². The molecule has 0 spiro atoms. The maximum atomic E-state index is 12.9. The molecule has 2 amide bonds. The molecule has 0 unspecified atom stereocenters. The second kappa shape index (κ2) is 9.05. The van der Waals surface area contributed by atoms with Crippen LogP contribution in [-0.4, -0.2) is 34.4 Å². The summed E-state index contributed by atoms with van der Waals surface area (Å²) in [4.78, 5) is 39.9. The minimum absolute atomic E-state index is 0.144. The van der Waals surface area contributed by atoms with Crippen molar-refractivity contribution >= 4 is 44.3 Å². The predicted molar refractivity (Wildman–Crippen MR) is 118 cm³/mol. The first kappa shape index (κ1) is 20.8. The van der Waals surface area contributed by atoms with Crippen molar-refractivity contribution in [2.24, 2.45) is 0 Å². The molecule has 0 saturated heterocycles. The summed E-state index contributed by atoms with van der Waals surface area (Å²) < 4.78 is 2.30. The first-order valence-corrected chi connectivity index (χ1v) is 10.2. The van der Waals surface area contributed by atoms with Crippen LogP contribution in [0.5, 0.6) is 0 Å². The van der Waals surface area contributed by atoms with Gasteiger partial charge in [-0.3, -0.25) is 19.0 Å². The summed E-state index contributed by atoms with van der Waals surface area (Å²) in [6, 6.07) is 15.7. The van der Waals surface area contributed by atoms with E-state index < -0.39 is 0 Å². The van der Waals surface area contributed by atoms with Crippen LogP contribution in [0.25, 0.3) is 10.9 Å². The van der Waals surface area contributed by atoms with Gasteiger partial charge in [-0.25, -0.2) is 0 Å². The second-order valence-corrected chi connectivity index (χ2v) is 7.45. The van der Waals surface area contributed by atoms with E-state index in [4.69, 9.17) is 0 Å². The lowest BCUT2D eigenvalue weighted by Crippen LogP contribution is -2.33. The van der Waals surface area contributed by atoms with E-state index in [0.29, 0.717) is 35.2 Å². The standard InChI is InChI=1S/C22H22BrN3O3/c1-3-25(4-2)22(29)18-13-21(28)26(19-8-6-5-7-17(18)19)14-20(27)24-16-11-9-15(23)10-12-16/h5-13H,3-4,14H2,1-2H3,(H,24,27). The van der Waals surface area contributed by atoms with E-state index in [2.05, 4.69) is 21.2 Å². The van der Waals surface area contributed by atoms with E-state index in [1.807, 2.05) is 32.0 Å². The zero-order chi connectivity index (χ0) is 21.0. The fraction of sp³-hybridized carbons (Fsp3) is 0.227. The molecule has 0 bridgehead atoms. The fourth-order valence-electron chi connectivity index (χ4n) is 3.23. The number of amides is 2. The number of aromatic nitrogens is 1. The van der Waals surface area contributed by atoms with Crippen molar-refractivity contribution in [3.63, 3.8) is 0 Å². The highest BCUT2D eigenvalue weighted by Crippen LogP contribution is 2.19. The third-order valence-corrected chi connectivity index (χ3v) is 5.26. The molecule has 1 N–H and O–H groups in total. The summed E-state index contributed by atoms with van der Waals surface area (Å²) in [5.74, 6) is -0.503. The van der Waals surface area contributed by atoms with Gasteiger partial charge in [0.15, 0.2) is 0 Å². The Kier molecular flexibility index (Phi) is 6.49. The number of hydrogen-bond donors (Lipinski definition) is 1. The molecule has 7 heteroatoms. The highest BCUT2D eigenvalue weighted by molar-refractivity contribution is 9.10. The van der Waals surface area contributed by atoms with Crippen LogP contribution in [0.2, 0.25) is 0 Å². The SMILES string of the molecule is CCN(CC)C(=O)c1cc(=O)n(CC(=O)Nc2ccc(Br)cc2)c2ccccc12. The lowest BCUT2D eigenvalue weighted by molar-refractivity contribution is -0.116. The molecule has 0 aliphatic heterocycles. The van der Waals surface area contributed by atoms with Crippen molar-refractivity contribution in [3.05, 3.63) is 75.0 Å². The van der Waals surface area contributed by atoms with E-state index in [1.54, 1.807) is 35.2 Å². The molecule has 0 saturated carbocycles. The van der Waals surface area contributed by atoms with Crippen molar-refractivity contribution in [2.75, 3.05) is 18.4 Å². The highest BCUT2D eigenvalue weighted by Gasteiger charge is 2.19. The Morgan fingerprint density at radius 2 is 1.69 bits per heavy atom. The van der Waals surface area contributed by atoms with Crippen LogP contribution in [0.1, 0.15) is 24.2 Å². The van der Waals surface area contributed by atoms with Gasteiger partial charge in [-0.2, -0.15) is 0 Å². The maximum absolute atomic E-state index is 12.9. The van der Waals surface area contributed by atoms with Gasteiger partial charge in [0.25, 0.3) is 11.5 Å². The molecule has 1 heterocycles. The molecule has 29 heavy (non-hydrogen) atoms. The van der Waals surface area contributed by atoms with Crippen LogP contribution in [0, 0.1) is 0 Å². The highest BCUT2D eigenvalue weighted by atomic mass is 79.9. The monoisotopic (exact) mass is 455 g/mol. The second-order valence-electron chi connectivity index (χ2n) is 6.53. The van der Waals surface area contributed by atoms with E-state index in [-0.39, 0.29) is 23.9 Å². The van der Waals surface area contributed by atoms with Gasteiger partial charge in [-0.05, 0) is 44.2 Å². The summed E-state index contributed by atoms with van der Waals surface area (Å²) in [7, 11) is 0. The smallest absolute Gasteiger partial charge is 0.254 e. The number of nitrogens with zero attached hydrogens (tertiary/aromatic N) is 2. The van der Waals surface area contributed by atoms with Crippen LogP contribution in [0.4, 0.5) is 5.69 Å². The number of benzene rings is 2. The van der Waals surface area contributed by atoms with Crippen molar-refractivity contribution < 1.29 is 9.59 Å². The lowest BCUT2D eigenvalue weighted by Gasteiger charge is -2.20. The Morgan fingerprint density at radius 3 is 2.34 bits per heavy atom. The van der Waals surface area contributed by atoms with E-state index in [9.17, 15) is 14.4 Å². The zero-order valence-electron chi connectivity index (χ0n) is 16.3. The number of nitrogens with one attached hydrogen (secondary N) is 1. The normalized spacial score (nSPS) is 10.7. The Hall–Kier alpha value is -2.93. The minimum Gasteiger partial charge on any atom is -0.339 e. The number of fused-ring (bicyclic) bond motifs is 1. The number of halogens is 1. The van der Waals surface area contributed by atoms with Gasteiger partial charge in [0.1, 0.15) is 6.54 Å². The van der Waals surface area contributed by atoms with Crippen molar-refractivity contribution in [1.29, 1.82) is 0 Å². The van der Waals surface area contributed by atoms with Crippen LogP contribution < -0.4 is 10.9 Å². The Labute approximate surface area is 177 Å². The number of carbonyl (C=O) groups excluding carboxylic acids is 2. The average molecular weight is 456 g/mol. The van der Waals surface area contributed by atoms with Gasteiger partial charge < -0.3 is 10.2 Å². The lowest BCUT2D eigenvalue weighted by atomic mass is 10.1. The molecule has 1 aromatic heterocycles. The molecule has 0 aliphatic rings. The molecule has 0 aliphatic carbocycles. The number of pyridine rings is 1. The summed E-state index contributed by atoms with van der Waals surface area (Å²) >= 11 is 3.35. The first-order chi connectivity index (χ1) is 13.9. The third kappa shape index (κ3) is 4.56. The molecule has 6 nitrogen and oxygen atoms in total. The first-order valence-electron chi connectivity index (χ1n) is 9.41. The van der Waals surface area contributed by atoms with E-state index in [0.717, 1.165) is 4.47 Å². The molecular formula is C22H22BrN3O3. The van der Waals surface area contributed by atoms with Gasteiger partial charge in [0, 0.05) is 34.7 Å². The number of rotatable bonds is 6. The summed E-state index contributed by atoms with van der Waals surface area (Å²) in [6.45, 7) is 4.77. The Bertz CT molecular complexity index is 1100. The van der Waals surface area contributed by atoms with E-state index in [1.165, 1.54) is 10.6 Å². The Morgan fingerprint density at radius 1 is 1.03 bits per heavy atom. The molecular weight excluding hydrogens is 434 g/mol. The Balaban J connectivity index is 1.97. The van der Waals surface area contributed by atoms with Gasteiger partial charge in [0.2, 0.25) is 5.91 Å². The van der Waals surface area contributed by atoms with Crippen LogP contribution in [0.3, 0.4) is 0 Å². The van der Waals surface area contributed by atoms with Gasteiger partial charge in [0.05, 0.1) is 11.1 Å². The van der Waals surface area contributed by atoms with Crippen molar-refractivity contribution in [3.8, 4) is 0 Å². The van der Waals surface area contributed by atoms with Crippen molar-refractivity contribution in [2.45, 2.75) is 20.4 Å². The molecule has 3 rings (SSSR count). The van der Waals surface area contributed by atoms with E-state index >= 15 is 0 Å². The van der Waals surface area contributed by atoms with Gasteiger partial charge in [-0.1, -0.05) is 34.1 Å². The largest absolute Gasteiger partial charge is 0.339 e. The molecule has 150 valence electrons. The van der Waals surface area contributed by atoms with Crippen molar-refractivity contribution in [1.82, 2.24) is 9.47 Å². The van der Waals surface area contributed by atoms with Crippen LogP contribution in [0.15, 0.2) is 63.9 Å². The fourth-order valence-corrected chi connectivity index (χ4v) is 3.50. The number of hydrogen-bond acceptors (Lipinski definition) is 3. The summed E-state index contributed by atoms with van der Waals surface area (Å²) in [5, 5.41) is 3.44. The quantitative estimate of drug-likeness (QED) is 0.612. The molecule has 3 aromatic rings. The predicted octanol–water partition coefficient (Wildman–Crippen LogP) is 3.88. The summed E-state index contributed by atoms with van der Waals surface area (Å²) in [5.41, 5.74) is 1.18. The number of carbonyl (C=O) groups is 2.